The zero-order valence-electron chi connectivity index (χ0n) is 15.7. The van der Waals surface area contributed by atoms with Gasteiger partial charge in [-0.3, -0.25) is 14.7 Å². The van der Waals surface area contributed by atoms with Crippen LogP contribution in [0.5, 0.6) is 0 Å². The zero-order chi connectivity index (χ0) is 18.1. The van der Waals surface area contributed by atoms with E-state index in [0.717, 1.165) is 52.0 Å². The van der Waals surface area contributed by atoms with E-state index < -0.39 is 0 Å². The monoisotopic (exact) mass is 381 g/mol. The zero-order valence-corrected chi connectivity index (χ0v) is 17.4. The van der Waals surface area contributed by atoms with Crippen molar-refractivity contribution >= 4 is 27.5 Å². The molecule has 0 bridgehead atoms. The standard InChI is InChI=1S/C19H31N3OS2/c1-19(2,25-24-3)9-8-18(23)22-14-12-21(13-15-22)11-5-7-17-6-4-10-20-16-17/h4,6,10,16H,5,7-9,11-15H2,1-3H3. The summed E-state index contributed by atoms with van der Waals surface area (Å²) in [5.41, 5.74) is 1.31. The molecule has 0 atom stereocenters. The Bertz CT molecular complexity index is 517. The van der Waals surface area contributed by atoms with E-state index in [4.69, 9.17) is 0 Å². The normalized spacial score (nSPS) is 16.2. The van der Waals surface area contributed by atoms with Crippen molar-refractivity contribution in [3.05, 3.63) is 30.1 Å². The van der Waals surface area contributed by atoms with Crippen molar-refractivity contribution in [2.75, 3.05) is 39.0 Å². The van der Waals surface area contributed by atoms with Crippen molar-refractivity contribution < 1.29 is 4.79 Å². The molecule has 0 saturated carbocycles. The molecule has 0 unspecified atom stereocenters. The third-order valence-corrected chi connectivity index (χ3v) is 7.31. The van der Waals surface area contributed by atoms with Crippen molar-refractivity contribution in [1.82, 2.24) is 14.8 Å². The highest BCUT2D eigenvalue weighted by molar-refractivity contribution is 8.76. The molecule has 0 spiro atoms. The molecular weight excluding hydrogens is 350 g/mol. The van der Waals surface area contributed by atoms with Crippen LogP contribution < -0.4 is 0 Å². The van der Waals surface area contributed by atoms with Crippen molar-refractivity contribution in [1.29, 1.82) is 0 Å². The molecule has 1 aliphatic heterocycles. The third-order valence-electron chi connectivity index (χ3n) is 4.64. The molecule has 0 N–H and O–H groups in total. The van der Waals surface area contributed by atoms with E-state index in [1.807, 2.05) is 29.3 Å². The fourth-order valence-electron chi connectivity index (χ4n) is 3.11. The van der Waals surface area contributed by atoms with Gasteiger partial charge in [-0.1, -0.05) is 27.7 Å². The Kier molecular flexibility index (Phi) is 8.59. The highest BCUT2D eigenvalue weighted by Gasteiger charge is 2.24. The molecule has 25 heavy (non-hydrogen) atoms. The first-order valence-corrected chi connectivity index (χ1v) is 11.7. The van der Waals surface area contributed by atoms with Gasteiger partial charge >= 0.3 is 0 Å². The minimum atomic E-state index is 0.170. The Hall–Kier alpha value is -0.720. The SMILES string of the molecule is CSSC(C)(C)CCC(=O)N1CCN(CCCc2cccnc2)CC1. The number of aryl methyl sites for hydroxylation is 1. The molecule has 1 aromatic heterocycles. The number of hydrogen-bond acceptors (Lipinski definition) is 5. The van der Waals surface area contributed by atoms with Crippen molar-refractivity contribution in [3.63, 3.8) is 0 Å². The van der Waals surface area contributed by atoms with Gasteiger partial charge in [-0.2, -0.15) is 0 Å². The van der Waals surface area contributed by atoms with Gasteiger partial charge in [-0.15, -0.1) is 0 Å². The minimum absolute atomic E-state index is 0.170. The van der Waals surface area contributed by atoms with Gasteiger partial charge in [0.05, 0.1) is 0 Å². The summed E-state index contributed by atoms with van der Waals surface area (Å²) in [6, 6.07) is 4.14. The largest absolute Gasteiger partial charge is 0.340 e. The summed E-state index contributed by atoms with van der Waals surface area (Å²) in [7, 11) is 3.65. The van der Waals surface area contributed by atoms with Crippen LogP contribution in [0.2, 0.25) is 0 Å². The van der Waals surface area contributed by atoms with Gasteiger partial charge in [-0.05, 0) is 57.5 Å². The first-order chi connectivity index (χ1) is 12.0. The summed E-state index contributed by atoms with van der Waals surface area (Å²) < 4.78 is 0.170. The van der Waals surface area contributed by atoms with Crippen LogP contribution in [-0.2, 0) is 11.2 Å². The lowest BCUT2D eigenvalue weighted by Gasteiger charge is -2.35. The molecule has 1 saturated heterocycles. The molecule has 0 aliphatic carbocycles. The molecule has 0 aromatic carbocycles. The highest BCUT2D eigenvalue weighted by Crippen LogP contribution is 2.37. The second kappa shape index (κ2) is 10.4. The fourth-order valence-corrected chi connectivity index (χ4v) is 5.35. The number of hydrogen-bond donors (Lipinski definition) is 0. The summed E-state index contributed by atoms with van der Waals surface area (Å²) in [5, 5.41) is 0. The van der Waals surface area contributed by atoms with E-state index >= 15 is 0 Å². The topological polar surface area (TPSA) is 36.4 Å². The van der Waals surface area contributed by atoms with Gasteiger partial charge in [0, 0.05) is 49.7 Å². The average molecular weight is 382 g/mol. The van der Waals surface area contributed by atoms with E-state index in [2.05, 4.69) is 41.0 Å². The molecule has 2 rings (SSSR count). The Morgan fingerprint density at radius 3 is 2.68 bits per heavy atom. The van der Waals surface area contributed by atoms with Gasteiger partial charge in [0.2, 0.25) is 5.91 Å². The van der Waals surface area contributed by atoms with Gasteiger partial charge < -0.3 is 4.90 Å². The van der Waals surface area contributed by atoms with Crippen molar-refractivity contribution in [2.45, 2.75) is 44.3 Å². The quantitative estimate of drug-likeness (QED) is 0.609. The van der Waals surface area contributed by atoms with Crippen LogP contribution in [0.15, 0.2) is 24.5 Å². The summed E-state index contributed by atoms with van der Waals surface area (Å²) in [4.78, 5) is 21.1. The van der Waals surface area contributed by atoms with Crippen LogP contribution in [0.1, 0.15) is 38.7 Å². The number of carbonyl (C=O) groups excluding carboxylic acids is 1. The summed E-state index contributed by atoms with van der Waals surface area (Å²) >= 11 is 0. The predicted octanol–water partition coefficient (Wildman–Crippen LogP) is 3.73. The van der Waals surface area contributed by atoms with Crippen molar-refractivity contribution in [2.24, 2.45) is 0 Å². The first-order valence-electron chi connectivity index (χ1n) is 9.11. The number of piperazine rings is 1. The van der Waals surface area contributed by atoms with Crippen LogP contribution >= 0.6 is 21.6 Å². The number of nitrogens with zero attached hydrogens (tertiary/aromatic N) is 3. The van der Waals surface area contributed by atoms with Crippen LogP contribution in [0.3, 0.4) is 0 Å². The van der Waals surface area contributed by atoms with E-state index in [-0.39, 0.29) is 4.75 Å². The highest BCUT2D eigenvalue weighted by atomic mass is 33.1. The molecule has 1 aliphatic rings. The van der Waals surface area contributed by atoms with Crippen molar-refractivity contribution in [3.8, 4) is 0 Å². The molecule has 140 valence electrons. The lowest BCUT2D eigenvalue weighted by Crippen LogP contribution is -2.49. The number of rotatable bonds is 9. The molecule has 1 fully saturated rings. The van der Waals surface area contributed by atoms with E-state index in [1.165, 1.54) is 5.56 Å². The van der Waals surface area contributed by atoms with Crippen LogP contribution in [-0.4, -0.2) is 64.4 Å². The second-order valence-electron chi connectivity index (χ2n) is 7.20. The lowest BCUT2D eigenvalue weighted by molar-refractivity contribution is -0.133. The molecule has 1 aromatic rings. The third kappa shape index (κ3) is 7.59. The second-order valence-corrected chi connectivity index (χ2v) is 10.3. The number of aromatic nitrogens is 1. The minimum Gasteiger partial charge on any atom is -0.340 e. The Balaban J connectivity index is 1.63. The molecule has 0 radical (unpaired) electrons. The van der Waals surface area contributed by atoms with Crippen LogP contribution in [0.4, 0.5) is 0 Å². The van der Waals surface area contributed by atoms with Crippen LogP contribution in [0, 0.1) is 0 Å². The molecule has 2 heterocycles. The molecular formula is C19H31N3OS2. The summed E-state index contributed by atoms with van der Waals surface area (Å²) in [6.45, 7) is 9.31. The molecule has 1 amide bonds. The van der Waals surface area contributed by atoms with E-state index in [9.17, 15) is 4.79 Å². The maximum absolute atomic E-state index is 12.4. The van der Waals surface area contributed by atoms with Gasteiger partial charge in [0.25, 0.3) is 0 Å². The maximum Gasteiger partial charge on any atom is 0.222 e. The fraction of sp³-hybridized carbons (Fsp3) is 0.684. The van der Waals surface area contributed by atoms with Crippen LogP contribution in [0.25, 0.3) is 0 Å². The average Bonchev–Trinajstić information content (AvgIpc) is 2.61. The maximum atomic E-state index is 12.4. The Morgan fingerprint density at radius 1 is 1.28 bits per heavy atom. The number of pyridine rings is 1. The number of amides is 1. The summed E-state index contributed by atoms with van der Waals surface area (Å²) in [6.07, 6.45) is 9.72. The predicted molar refractivity (Wildman–Crippen MR) is 110 cm³/mol. The lowest BCUT2D eigenvalue weighted by atomic mass is 10.1. The van der Waals surface area contributed by atoms with E-state index in [0.29, 0.717) is 12.3 Å². The number of carbonyl (C=O) groups is 1. The first kappa shape index (κ1) is 20.6. The van der Waals surface area contributed by atoms with E-state index in [1.54, 1.807) is 10.8 Å². The molecule has 6 heteroatoms. The Labute approximate surface area is 160 Å². The molecule has 4 nitrogen and oxygen atoms in total. The Morgan fingerprint density at radius 2 is 2.04 bits per heavy atom. The smallest absolute Gasteiger partial charge is 0.222 e. The van der Waals surface area contributed by atoms with Gasteiger partial charge in [0.1, 0.15) is 0 Å². The van der Waals surface area contributed by atoms with Gasteiger partial charge in [-0.25, -0.2) is 0 Å². The summed E-state index contributed by atoms with van der Waals surface area (Å²) in [5.74, 6) is 0.324. The van der Waals surface area contributed by atoms with Gasteiger partial charge in [0.15, 0.2) is 0 Å².